The fourth-order valence-electron chi connectivity index (χ4n) is 1.14. The van der Waals surface area contributed by atoms with Gasteiger partial charge in [0.2, 0.25) is 0 Å². The number of nitrogens with two attached hydrogens (primary N) is 1. The second-order valence-electron chi connectivity index (χ2n) is 3.32. The predicted octanol–water partition coefficient (Wildman–Crippen LogP) is 3.31. The van der Waals surface area contributed by atoms with E-state index < -0.39 is 0 Å². The highest BCUT2D eigenvalue weighted by molar-refractivity contribution is 6.30. The zero-order valence-electron chi connectivity index (χ0n) is 7.92. The number of hydrogen-bond acceptors (Lipinski definition) is 1. The van der Waals surface area contributed by atoms with Gasteiger partial charge in [-0.05, 0) is 31.5 Å². The molecule has 0 aliphatic rings. The van der Waals surface area contributed by atoms with E-state index in [1.165, 1.54) is 5.57 Å². The van der Waals surface area contributed by atoms with Gasteiger partial charge in [-0.2, -0.15) is 0 Å². The summed E-state index contributed by atoms with van der Waals surface area (Å²) in [6.07, 6.45) is 2.03. The van der Waals surface area contributed by atoms with Gasteiger partial charge in [0.05, 0.1) is 0 Å². The van der Waals surface area contributed by atoms with Crippen LogP contribution < -0.4 is 5.73 Å². The standard InChI is InChI=1S/C11H14ClN/c1-8(2)7-11(13)9-3-5-10(12)6-4-9/h3-7,11H,13H2,1-2H3/t11-/m0/s1. The zero-order valence-corrected chi connectivity index (χ0v) is 8.68. The van der Waals surface area contributed by atoms with Crippen LogP contribution in [-0.2, 0) is 0 Å². The normalized spacial score (nSPS) is 12.3. The Morgan fingerprint density at radius 1 is 1.31 bits per heavy atom. The Labute approximate surface area is 84.2 Å². The second kappa shape index (κ2) is 4.45. The molecule has 0 heterocycles. The lowest BCUT2D eigenvalue weighted by atomic mass is 10.1. The summed E-state index contributed by atoms with van der Waals surface area (Å²) < 4.78 is 0. The molecule has 0 aliphatic carbocycles. The number of benzene rings is 1. The molecule has 1 rings (SSSR count). The van der Waals surface area contributed by atoms with Crippen LogP contribution in [0.3, 0.4) is 0 Å². The molecule has 0 fully saturated rings. The molecule has 0 unspecified atom stereocenters. The van der Waals surface area contributed by atoms with Gasteiger partial charge in [0.1, 0.15) is 0 Å². The van der Waals surface area contributed by atoms with Gasteiger partial charge in [-0.15, -0.1) is 0 Å². The molecule has 1 atom stereocenters. The van der Waals surface area contributed by atoms with Gasteiger partial charge in [-0.3, -0.25) is 0 Å². The van der Waals surface area contributed by atoms with E-state index >= 15 is 0 Å². The van der Waals surface area contributed by atoms with Gasteiger partial charge in [0.25, 0.3) is 0 Å². The van der Waals surface area contributed by atoms with Crippen LogP contribution in [0.1, 0.15) is 25.5 Å². The predicted molar refractivity (Wildman–Crippen MR) is 57.8 cm³/mol. The lowest BCUT2D eigenvalue weighted by Crippen LogP contribution is -2.06. The van der Waals surface area contributed by atoms with Gasteiger partial charge in [0.15, 0.2) is 0 Å². The molecule has 0 saturated heterocycles. The molecule has 0 radical (unpaired) electrons. The topological polar surface area (TPSA) is 26.0 Å². The first-order valence-electron chi connectivity index (χ1n) is 4.25. The van der Waals surface area contributed by atoms with Crippen LogP contribution in [-0.4, -0.2) is 0 Å². The van der Waals surface area contributed by atoms with E-state index in [1.807, 2.05) is 44.2 Å². The molecular weight excluding hydrogens is 182 g/mol. The van der Waals surface area contributed by atoms with Crippen LogP contribution in [0.2, 0.25) is 5.02 Å². The average Bonchev–Trinajstić information content (AvgIpc) is 2.04. The van der Waals surface area contributed by atoms with E-state index in [9.17, 15) is 0 Å². The molecule has 1 nitrogen and oxygen atoms in total. The lowest BCUT2D eigenvalue weighted by Gasteiger charge is -2.07. The number of halogens is 1. The van der Waals surface area contributed by atoms with E-state index in [0.717, 1.165) is 10.6 Å². The maximum Gasteiger partial charge on any atom is 0.0483 e. The molecular formula is C11H14ClN. The lowest BCUT2D eigenvalue weighted by molar-refractivity contribution is 0.899. The van der Waals surface area contributed by atoms with Crippen molar-refractivity contribution in [2.45, 2.75) is 19.9 Å². The van der Waals surface area contributed by atoms with Crippen molar-refractivity contribution in [3.8, 4) is 0 Å². The quantitative estimate of drug-likeness (QED) is 0.720. The van der Waals surface area contributed by atoms with Crippen LogP contribution >= 0.6 is 11.6 Å². The van der Waals surface area contributed by atoms with E-state index in [0.29, 0.717) is 0 Å². The Morgan fingerprint density at radius 2 is 1.85 bits per heavy atom. The number of hydrogen-bond donors (Lipinski definition) is 1. The summed E-state index contributed by atoms with van der Waals surface area (Å²) in [7, 11) is 0. The van der Waals surface area contributed by atoms with E-state index in [-0.39, 0.29) is 6.04 Å². The molecule has 1 aromatic carbocycles. The third-order valence-electron chi connectivity index (χ3n) is 1.77. The summed E-state index contributed by atoms with van der Waals surface area (Å²) >= 11 is 5.77. The van der Waals surface area contributed by atoms with Gasteiger partial charge < -0.3 is 5.73 Å². The van der Waals surface area contributed by atoms with Gasteiger partial charge in [0, 0.05) is 11.1 Å². The molecule has 2 N–H and O–H groups in total. The molecule has 0 aromatic heterocycles. The fourth-order valence-corrected chi connectivity index (χ4v) is 1.27. The monoisotopic (exact) mass is 195 g/mol. The summed E-state index contributed by atoms with van der Waals surface area (Å²) in [4.78, 5) is 0. The highest BCUT2D eigenvalue weighted by Crippen LogP contribution is 2.16. The maximum absolute atomic E-state index is 5.93. The summed E-state index contributed by atoms with van der Waals surface area (Å²) in [6, 6.07) is 7.59. The molecule has 0 bridgehead atoms. The minimum atomic E-state index is -0.0257. The van der Waals surface area contributed by atoms with Crippen LogP contribution in [0.15, 0.2) is 35.9 Å². The Balaban J connectivity index is 2.83. The summed E-state index contributed by atoms with van der Waals surface area (Å²) in [5.74, 6) is 0. The first kappa shape index (κ1) is 10.3. The largest absolute Gasteiger partial charge is 0.321 e. The molecule has 13 heavy (non-hydrogen) atoms. The highest BCUT2D eigenvalue weighted by atomic mass is 35.5. The first-order chi connectivity index (χ1) is 6.09. The zero-order chi connectivity index (χ0) is 9.84. The van der Waals surface area contributed by atoms with Crippen molar-refractivity contribution in [3.05, 3.63) is 46.5 Å². The maximum atomic E-state index is 5.93. The molecule has 0 aliphatic heterocycles. The molecule has 0 amide bonds. The van der Waals surface area contributed by atoms with Crippen LogP contribution in [0.5, 0.6) is 0 Å². The summed E-state index contributed by atoms with van der Waals surface area (Å²) in [5.41, 5.74) is 8.24. The van der Waals surface area contributed by atoms with Gasteiger partial charge >= 0.3 is 0 Å². The number of rotatable bonds is 2. The van der Waals surface area contributed by atoms with Crippen LogP contribution in [0.4, 0.5) is 0 Å². The van der Waals surface area contributed by atoms with Crippen molar-refractivity contribution in [1.29, 1.82) is 0 Å². The molecule has 1 aromatic rings. The van der Waals surface area contributed by atoms with Gasteiger partial charge in [-0.25, -0.2) is 0 Å². The van der Waals surface area contributed by atoms with Crippen molar-refractivity contribution >= 4 is 11.6 Å². The SMILES string of the molecule is CC(C)=C[C@H](N)c1ccc(Cl)cc1. The van der Waals surface area contributed by atoms with Crippen molar-refractivity contribution in [3.63, 3.8) is 0 Å². The van der Waals surface area contributed by atoms with Gasteiger partial charge in [-0.1, -0.05) is 35.4 Å². The minimum Gasteiger partial charge on any atom is -0.321 e. The van der Waals surface area contributed by atoms with Crippen LogP contribution in [0.25, 0.3) is 0 Å². The fraction of sp³-hybridized carbons (Fsp3) is 0.273. The van der Waals surface area contributed by atoms with Crippen molar-refractivity contribution in [2.75, 3.05) is 0 Å². The average molecular weight is 196 g/mol. The molecule has 2 heteroatoms. The molecule has 70 valence electrons. The van der Waals surface area contributed by atoms with E-state index in [2.05, 4.69) is 0 Å². The first-order valence-corrected chi connectivity index (χ1v) is 4.63. The Bertz CT molecular complexity index is 296. The highest BCUT2D eigenvalue weighted by Gasteiger charge is 2.00. The van der Waals surface area contributed by atoms with E-state index in [4.69, 9.17) is 17.3 Å². The smallest absolute Gasteiger partial charge is 0.0483 e. The van der Waals surface area contributed by atoms with E-state index in [1.54, 1.807) is 0 Å². The Morgan fingerprint density at radius 3 is 2.31 bits per heavy atom. The Hall–Kier alpha value is -0.790. The third kappa shape index (κ3) is 3.21. The van der Waals surface area contributed by atoms with Crippen molar-refractivity contribution in [2.24, 2.45) is 5.73 Å². The van der Waals surface area contributed by atoms with Crippen molar-refractivity contribution in [1.82, 2.24) is 0 Å². The third-order valence-corrected chi connectivity index (χ3v) is 2.02. The molecule has 0 spiro atoms. The Kier molecular flexibility index (Phi) is 3.52. The summed E-state index contributed by atoms with van der Waals surface area (Å²) in [5, 5.41) is 0.744. The number of allylic oxidation sites excluding steroid dienone is 1. The van der Waals surface area contributed by atoms with Crippen molar-refractivity contribution < 1.29 is 0 Å². The second-order valence-corrected chi connectivity index (χ2v) is 3.76. The molecule has 0 saturated carbocycles. The van der Waals surface area contributed by atoms with Crippen LogP contribution in [0, 0.1) is 0 Å². The minimum absolute atomic E-state index is 0.0257. The summed E-state index contributed by atoms with van der Waals surface area (Å²) in [6.45, 7) is 4.07.